The largest absolute Gasteiger partial charge is 2.00 e. The molecule has 0 bridgehead atoms. The maximum absolute atomic E-state index is 9.48. The van der Waals surface area contributed by atoms with Crippen LogP contribution in [0.4, 0.5) is 0 Å². The van der Waals surface area contributed by atoms with Crippen LogP contribution in [-0.4, -0.2) is 6.61 Å². The first-order valence-corrected chi connectivity index (χ1v) is 3.19. The van der Waals surface area contributed by atoms with Crippen molar-refractivity contribution in [2.45, 2.75) is 6.92 Å². The molecule has 8 heavy (non-hydrogen) atoms. The summed E-state index contributed by atoms with van der Waals surface area (Å²) in [7, 11) is -4.67. The first-order chi connectivity index (χ1) is 3.06. The number of phosphoric acid groups is 1. The van der Waals surface area contributed by atoms with Crippen molar-refractivity contribution in [1.82, 2.24) is 0 Å². The molecule has 0 aliphatic carbocycles. The molecular weight excluding hydrogens is 320 g/mol. The minimum Gasteiger partial charge on any atom is -0.790 e. The molecule has 0 heterocycles. The average Bonchev–Trinajstić information content (AvgIpc) is 1.30. The van der Waals surface area contributed by atoms with Gasteiger partial charge >= 0.3 is 27.7 Å². The monoisotopic (exact) mass is 326 g/mol. The van der Waals surface area contributed by atoms with Crippen molar-refractivity contribution in [2.75, 3.05) is 6.61 Å². The van der Waals surface area contributed by atoms with E-state index in [0.29, 0.717) is 0 Å². The van der Waals surface area contributed by atoms with Crippen LogP contribution >= 0.6 is 7.82 Å². The predicted molar refractivity (Wildman–Crippen MR) is 19.2 cm³/mol. The summed E-state index contributed by atoms with van der Waals surface area (Å²) in [5.41, 5.74) is 0. The molecule has 0 aromatic heterocycles. The van der Waals surface area contributed by atoms with Gasteiger partial charge in [-0.15, -0.1) is 0 Å². The molecule has 0 aromatic carbocycles. The molecule has 4 nitrogen and oxygen atoms in total. The molecule has 0 rings (SSSR count). The zero-order chi connectivity index (χ0) is 5.91. The van der Waals surface area contributed by atoms with Crippen LogP contribution in [-0.2, 0) is 36.8 Å². The van der Waals surface area contributed by atoms with Gasteiger partial charge in [0.25, 0.3) is 0 Å². The van der Waals surface area contributed by atoms with Gasteiger partial charge in [0.1, 0.15) is 0 Å². The second-order valence-electron chi connectivity index (χ2n) is 0.865. The molecule has 44 valence electrons. The Balaban J connectivity index is 0. The third-order valence-corrected chi connectivity index (χ3v) is 0.862. The maximum Gasteiger partial charge on any atom is 2.00 e. The maximum atomic E-state index is 9.48. The van der Waals surface area contributed by atoms with E-state index in [1.54, 1.807) is 0 Å². The summed E-state index contributed by atoms with van der Waals surface area (Å²) in [5, 5.41) is 0. The Bertz CT molecular complexity index is 88.0. The van der Waals surface area contributed by atoms with E-state index in [9.17, 15) is 14.4 Å². The summed E-state index contributed by atoms with van der Waals surface area (Å²) in [5.74, 6) is 0. The molecule has 0 aliphatic heterocycles. The minimum absolute atomic E-state index is 0. The van der Waals surface area contributed by atoms with E-state index in [0.717, 1.165) is 0 Å². The fourth-order valence-corrected chi connectivity index (χ4v) is 0.474. The van der Waals surface area contributed by atoms with Crippen LogP contribution in [0.1, 0.15) is 6.92 Å². The van der Waals surface area contributed by atoms with Gasteiger partial charge in [0.2, 0.25) is 0 Å². The van der Waals surface area contributed by atoms with Crippen LogP contribution in [0.15, 0.2) is 0 Å². The van der Waals surface area contributed by atoms with Gasteiger partial charge in [0.15, 0.2) is 0 Å². The number of phosphoric ester groups is 1. The molecule has 0 spiro atoms. The molecule has 0 radical (unpaired) electrons. The topological polar surface area (TPSA) is 72.4 Å². The number of rotatable bonds is 2. The van der Waals surface area contributed by atoms with E-state index in [1.807, 2.05) is 0 Å². The van der Waals surface area contributed by atoms with Gasteiger partial charge in [0, 0.05) is 6.61 Å². The summed E-state index contributed by atoms with van der Waals surface area (Å²) in [6, 6.07) is 0. The third-order valence-electron chi connectivity index (χ3n) is 0.287. The molecular formula is C2H5HgO4P. The average molecular weight is 325 g/mol. The molecule has 0 aliphatic rings. The van der Waals surface area contributed by atoms with Crippen molar-refractivity contribution in [3.63, 3.8) is 0 Å². The van der Waals surface area contributed by atoms with Crippen molar-refractivity contribution in [1.29, 1.82) is 0 Å². The molecule has 0 saturated carbocycles. The Hall–Kier alpha value is 1.05. The molecule has 0 aromatic rings. The van der Waals surface area contributed by atoms with Crippen molar-refractivity contribution in [2.24, 2.45) is 0 Å². The van der Waals surface area contributed by atoms with Crippen LogP contribution in [0.25, 0.3) is 0 Å². The molecule has 0 saturated heterocycles. The fraction of sp³-hybridized carbons (Fsp3) is 1.00. The van der Waals surface area contributed by atoms with Gasteiger partial charge in [-0.3, -0.25) is 0 Å². The van der Waals surface area contributed by atoms with E-state index in [1.165, 1.54) is 6.92 Å². The first kappa shape index (κ1) is 11.8. The van der Waals surface area contributed by atoms with E-state index in [2.05, 4.69) is 4.52 Å². The second kappa shape index (κ2) is 4.88. The standard InChI is InChI=1S/C2H7O4P.Hg/c1-2-6-7(3,4)5;/h2H2,1H3,(H2,3,4,5);/q;+2/p-2. The van der Waals surface area contributed by atoms with Crippen LogP contribution in [0.3, 0.4) is 0 Å². The van der Waals surface area contributed by atoms with E-state index >= 15 is 0 Å². The Morgan fingerprint density at radius 1 is 1.62 bits per heavy atom. The summed E-state index contributed by atoms with van der Waals surface area (Å²) < 4.78 is 13.2. The Morgan fingerprint density at radius 2 is 2.00 bits per heavy atom. The summed E-state index contributed by atoms with van der Waals surface area (Å²) >= 11 is 0. The van der Waals surface area contributed by atoms with Gasteiger partial charge in [-0.2, -0.15) is 0 Å². The molecule has 0 amide bonds. The van der Waals surface area contributed by atoms with Gasteiger partial charge < -0.3 is 18.9 Å². The zero-order valence-corrected chi connectivity index (χ0v) is 10.9. The van der Waals surface area contributed by atoms with Crippen LogP contribution in [0.5, 0.6) is 0 Å². The Kier molecular flexibility index (Phi) is 7.20. The molecule has 6 heteroatoms. The summed E-state index contributed by atoms with van der Waals surface area (Å²) in [4.78, 5) is 19.0. The SMILES string of the molecule is CCOP(=O)([O-])[O-].[Hg+2]. The van der Waals surface area contributed by atoms with Crippen molar-refractivity contribution >= 4 is 7.82 Å². The Morgan fingerprint density at radius 3 is 2.00 bits per heavy atom. The van der Waals surface area contributed by atoms with E-state index < -0.39 is 7.82 Å². The summed E-state index contributed by atoms with van der Waals surface area (Å²) in [6.45, 7) is 1.35. The van der Waals surface area contributed by atoms with Gasteiger partial charge in [-0.25, -0.2) is 0 Å². The Labute approximate surface area is 68.0 Å². The molecule has 0 N–H and O–H groups in total. The van der Waals surface area contributed by atoms with E-state index in [4.69, 9.17) is 0 Å². The van der Waals surface area contributed by atoms with Crippen molar-refractivity contribution in [3.8, 4) is 0 Å². The number of hydrogen-bond acceptors (Lipinski definition) is 4. The van der Waals surface area contributed by atoms with Gasteiger partial charge in [-0.1, -0.05) is 0 Å². The van der Waals surface area contributed by atoms with Crippen LogP contribution in [0.2, 0.25) is 0 Å². The zero-order valence-electron chi connectivity index (χ0n) is 4.49. The fourth-order valence-electron chi connectivity index (χ4n) is 0.158. The van der Waals surface area contributed by atoms with Crippen molar-refractivity contribution < 1.29 is 46.5 Å². The quantitative estimate of drug-likeness (QED) is 0.475. The second-order valence-corrected chi connectivity index (χ2v) is 2.02. The van der Waals surface area contributed by atoms with Crippen LogP contribution < -0.4 is 9.79 Å². The minimum atomic E-state index is -4.67. The van der Waals surface area contributed by atoms with Gasteiger partial charge in [-0.05, 0) is 6.92 Å². The summed E-state index contributed by atoms with van der Waals surface area (Å²) in [6.07, 6.45) is 0. The normalized spacial score (nSPS) is 10.4. The predicted octanol–water partition coefficient (Wildman–Crippen LogP) is -1.15. The third kappa shape index (κ3) is 10.1. The van der Waals surface area contributed by atoms with E-state index in [-0.39, 0.29) is 34.3 Å². The number of hydrogen-bond donors (Lipinski definition) is 0. The van der Waals surface area contributed by atoms with Crippen molar-refractivity contribution in [3.05, 3.63) is 0 Å². The molecule has 0 unspecified atom stereocenters. The first-order valence-electron chi connectivity index (χ1n) is 1.73. The van der Waals surface area contributed by atoms with Crippen LogP contribution in [0, 0.1) is 0 Å². The van der Waals surface area contributed by atoms with Gasteiger partial charge in [0.05, 0.1) is 7.82 Å². The molecule has 0 fully saturated rings. The molecule has 0 atom stereocenters. The smallest absolute Gasteiger partial charge is 0.790 e.